The summed E-state index contributed by atoms with van der Waals surface area (Å²) in [5.74, 6) is 0.378. The quantitative estimate of drug-likeness (QED) is 0.640. The fourth-order valence-electron chi connectivity index (χ4n) is 3.99. The third-order valence-corrected chi connectivity index (χ3v) is 7.73. The van der Waals surface area contributed by atoms with Gasteiger partial charge >= 0.3 is 0 Å². The molecule has 0 aliphatic carbocycles. The van der Waals surface area contributed by atoms with Crippen molar-refractivity contribution in [3.05, 3.63) is 59.9 Å². The van der Waals surface area contributed by atoms with E-state index in [0.717, 1.165) is 29.9 Å². The number of amides is 1. The second-order valence-corrected chi connectivity index (χ2v) is 10.5. The lowest BCUT2D eigenvalue weighted by molar-refractivity contribution is -0.127. The van der Waals surface area contributed by atoms with Crippen LogP contribution in [0.15, 0.2) is 53.4 Å². The normalized spacial score (nSPS) is 16.7. The first kappa shape index (κ1) is 24.2. The van der Waals surface area contributed by atoms with Gasteiger partial charge in [-0.2, -0.15) is 4.31 Å². The summed E-state index contributed by atoms with van der Waals surface area (Å²) in [6, 6.07) is 12.4. The fourth-order valence-corrected chi connectivity index (χ4v) is 5.46. The number of nitrogens with one attached hydrogen (secondary N) is 1. The number of piperidine rings is 1. The highest BCUT2D eigenvalue weighted by molar-refractivity contribution is 7.89. The molecule has 2 aromatic carbocycles. The maximum atomic E-state index is 13.1. The Morgan fingerprint density at radius 1 is 1.09 bits per heavy atom. The summed E-state index contributed by atoms with van der Waals surface area (Å²) >= 11 is 0. The molecule has 0 aromatic heterocycles. The topological polar surface area (TPSA) is 75.7 Å². The van der Waals surface area contributed by atoms with Crippen LogP contribution in [-0.4, -0.2) is 38.8 Å². The lowest BCUT2D eigenvalue weighted by Crippen LogP contribution is -2.43. The first-order valence-corrected chi connectivity index (χ1v) is 12.3. The van der Waals surface area contributed by atoms with Gasteiger partial charge in [-0.1, -0.05) is 26.0 Å². The molecule has 1 saturated heterocycles. The fraction of sp³-hybridized carbons (Fsp3) is 0.458. The number of halogens is 1. The molecular weight excluding hydrogens is 431 g/mol. The molecule has 1 heterocycles. The van der Waals surface area contributed by atoms with E-state index >= 15 is 0 Å². The zero-order valence-corrected chi connectivity index (χ0v) is 19.6. The minimum absolute atomic E-state index is 0.0506. The Balaban J connectivity index is 1.63. The van der Waals surface area contributed by atoms with Gasteiger partial charge in [-0.15, -0.1) is 0 Å². The number of carbonyl (C=O) groups excluding carboxylic acids is 1. The van der Waals surface area contributed by atoms with Crippen molar-refractivity contribution < 1.29 is 22.3 Å². The number of benzene rings is 2. The highest BCUT2D eigenvalue weighted by Gasteiger charge is 2.33. The van der Waals surface area contributed by atoms with Crippen LogP contribution < -0.4 is 10.1 Å². The lowest BCUT2D eigenvalue weighted by Gasteiger charge is -2.32. The van der Waals surface area contributed by atoms with E-state index in [0.29, 0.717) is 18.8 Å². The van der Waals surface area contributed by atoms with Crippen molar-refractivity contribution in [1.29, 1.82) is 0 Å². The molecule has 0 bridgehead atoms. The van der Waals surface area contributed by atoms with E-state index in [-0.39, 0.29) is 35.9 Å². The van der Waals surface area contributed by atoms with Gasteiger partial charge in [0.15, 0.2) is 0 Å². The molecule has 32 heavy (non-hydrogen) atoms. The van der Waals surface area contributed by atoms with Crippen molar-refractivity contribution in [2.75, 3.05) is 20.2 Å². The Bertz CT molecular complexity index is 999. The molecule has 0 unspecified atom stereocenters. The highest BCUT2D eigenvalue weighted by atomic mass is 32.2. The molecule has 1 aliphatic rings. The maximum absolute atomic E-state index is 13.1. The summed E-state index contributed by atoms with van der Waals surface area (Å²) in [5.41, 5.74) is 1.02. The van der Waals surface area contributed by atoms with Crippen LogP contribution in [0, 0.1) is 17.7 Å². The van der Waals surface area contributed by atoms with Gasteiger partial charge in [0.05, 0.1) is 18.0 Å². The summed E-state index contributed by atoms with van der Waals surface area (Å²) in [6.07, 6.45) is 1.70. The number of rotatable bonds is 8. The standard InChI is InChI=1S/C24H31FN2O4S/c1-17(2)16-23(18-4-8-21(31-3)9-5-18)26-24(28)19-12-14-27(15-13-19)32(29,30)22-10-6-20(25)7-11-22/h4-11,17,19,23H,12-16H2,1-3H3,(H,26,28)/t23-/m0/s1. The molecule has 0 spiro atoms. The van der Waals surface area contributed by atoms with E-state index in [1.54, 1.807) is 7.11 Å². The van der Waals surface area contributed by atoms with Crippen LogP contribution in [0.3, 0.4) is 0 Å². The van der Waals surface area contributed by atoms with Crippen LogP contribution in [0.4, 0.5) is 4.39 Å². The largest absolute Gasteiger partial charge is 0.497 e. The number of carbonyl (C=O) groups is 1. The average molecular weight is 463 g/mol. The first-order valence-electron chi connectivity index (χ1n) is 10.9. The zero-order chi connectivity index (χ0) is 23.3. The SMILES string of the molecule is COc1ccc([C@H](CC(C)C)NC(=O)C2CCN(S(=O)(=O)c3ccc(F)cc3)CC2)cc1. The Labute approximate surface area is 189 Å². The van der Waals surface area contributed by atoms with Gasteiger partial charge in [-0.05, 0) is 67.1 Å². The lowest BCUT2D eigenvalue weighted by atomic mass is 9.93. The molecule has 174 valence electrons. The van der Waals surface area contributed by atoms with Gasteiger partial charge < -0.3 is 10.1 Å². The molecule has 0 radical (unpaired) electrons. The summed E-state index contributed by atoms with van der Waals surface area (Å²) < 4.78 is 45.3. The maximum Gasteiger partial charge on any atom is 0.243 e. The number of hydrogen-bond acceptors (Lipinski definition) is 4. The predicted octanol–water partition coefficient (Wildman–Crippen LogP) is 4.14. The van der Waals surface area contributed by atoms with E-state index in [1.807, 2.05) is 24.3 Å². The molecular formula is C24H31FN2O4S. The van der Waals surface area contributed by atoms with E-state index < -0.39 is 15.8 Å². The number of sulfonamides is 1. The third kappa shape index (κ3) is 5.86. The highest BCUT2D eigenvalue weighted by Crippen LogP contribution is 2.27. The van der Waals surface area contributed by atoms with Crippen LogP contribution in [0.25, 0.3) is 0 Å². The minimum atomic E-state index is -3.69. The van der Waals surface area contributed by atoms with Crippen LogP contribution >= 0.6 is 0 Å². The number of methoxy groups -OCH3 is 1. The third-order valence-electron chi connectivity index (χ3n) is 5.82. The molecule has 1 N–H and O–H groups in total. The van der Waals surface area contributed by atoms with Gasteiger partial charge in [0.25, 0.3) is 0 Å². The van der Waals surface area contributed by atoms with Crippen LogP contribution in [-0.2, 0) is 14.8 Å². The van der Waals surface area contributed by atoms with E-state index in [1.165, 1.54) is 16.4 Å². The van der Waals surface area contributed by atoms with E-state index in [2.05, 4.69) is 19.2 Å². The second-order valence-electron chi connectivity index (χ2n) is 8.60. The smallest absolute Gasteiger partial charge is 0.243 e. The zero-order valence-electron chi connectivity index (χ0n) is 18.8. The molecule has 1 atom stereocenters. The van der Waals surface area contributed by atoms with Gasteiger partial charge in [-0.3, -0.25) is 4.79 Å². The summed E-state index contributed by atoms with van der Waals surface area (Å²) in [5, 5.41) is 3.17. The Morgan fingerprint density at radius 2 is 1.69 bits per heavy atom. The number of hydrogen-bond donors (Lipinski definition) is 1. The Hall–Kier alpha value is -2.45. The molecule has 3 rings (SSSR count). The van der Waals surface area contributed by atoms with Crippen LogP contribution in [0.1, 0.15) is 44.7 Å². The predicted molar refractivity (Wildman–Crippen MR) is 121 cm³/mol. The molecule has 0 saturated carbocycles. The number of nitrogens with zero attached hydrogens (tertiary/aromatic N) is 1. The van der Waals surface area contributed by atoms with Gasteiger partial charge in [0.2, 0.25) is 15.9 Å². The van der Waals surface area contributed by atoms with Crippen molar-refractivity contribution >= 4 is 15.9 Å². The van der Waals surface area contributed by atoms with Gasteiger partial charge in [0, 0.05) is 19.0 Å². The number of ether oxygens (including phenoxy) is 1. The molecule has 1 fully saturated rings. The monoisotopic (exact) mass is 462 g/mol. The Morgan fingerprint density at radius 3 is 2.22 bits per heavy atom. The van der Waals surface area contributed by atoms with E-state index in [4.69, 9.17) is 4.74 Å². The molecule has 1 amide bonds. The van der Waals surface area contributed by atoms with Crippen LogP contribution in [0.5, 0.6) is 5.75 Å². The van der Waals surface area contributed by atoms with Crippen molar-refractivity contribution in [2.45, 2.75) is 44.0 Å². The van der Waals surface area contributed by atoms with Gasteiger partial charge in [-0.25, -0.2) is 12.8 Å². The summed E-state index contributed by atoms with van der Waals surface area (Å²) in [4.78, 5) is 13.1. The van der Waals surface area contributed by atoms with Crippen molar-refractivity contribution in [1.82, 2.24) is 9.62 Å². The van der Waals surface area contributed by atoms with Crippen molar-refractivity contribution in [2.24, 2.45) is 11.8 Å². The van der Waals surface area contributed by atoms with E-state index in [9.17, 15) is 17.6 Å². The molecule has 8 heteroatoms. The van der Waals surface area contributed by atoms with Crippen molar-refractivity contribution in [3.63, 3.8) is 0 Å². The molecule has 6 nitrogen and oxygen atoms in total. The minimum Gasteiger partial charge on any atom is -0.497 e. The molecule has 2 aromatic rings. The van der Waals surface area contributed by atoms with Crippen LogP contribution in [0.2, 0.25) is 0 Å². The summed E-state index contributed by atoms with van der Waals surface area (Å²) in [7, 11) is -2.08. The Kier molecular flexibility index (Phi) is 7.90. The molecule has 1 aliphatic heterocycles. The van der Waals surface area contributed by atoms with Crippen molar-refractivity contribution in [3.8, 4) is 5.75 Å². The first-order chi connectivity index (χ1) is 15.2. The van der Waals surface area contributed by atoms with Gasteiger partial charge in [0.1, 0.15) is 11.6 Å². The summed E-state index contributed by atoms with van der Waals surface area (Å²) in [6.45, 7) is 4.74. The second kappa shape index (κ2) is 10.4. The average Bonchev–Trinajstić information content (AvgIpc) is 2.78.